The molecule has 0 aliphatic heterocycles. The number of nitrogens with one attached hydrogen (secondary N) is 1. The summed E-state index contributed by atoms with van der Waals surface area (Å²) in [5.74, 6) is 1.89. The summed E-state index contributed by atoms with van der Waals surface area (Å²) in [6, 6.07) is 8.06. The van der Waals surface area contributed by atoms with Gasteiger partial charge in [-0.25, -0.2) is 0 Å². The fourth-order valence-electron chi connectivity index (χ4n) is 2.69. The number of methoxy groups -OCH3 is 1. The molecule has 5 heteroatoms. The van der Waals surface area contributed by atoms with E-state index >= 15 is 0 Å². The van der Waals surface area contributed by atoms with E-state index in [0.29, 0.717) is 17.8 Å². The number of allylic oxidation sites excluding steroid dienone is 1. The Morgan fingerprint density at radius 2 is 2.23 bits per heavy atom. The third kappa shape index (κ3) is 3.20. The van der Waals surface area contributed by atoms with Crippen LogP contribution >= 0.6 is 0 Å². The highest BCUT2D eigenvalue weighted by molar-refractivity contribution is 5.63. The Hall–Kier alpha value is -2.14. The fraction of sp³-hybridized carbons (Fsp3) is 0.412. The first-order chi connectivity index (χ1) is 10.8. The minimum Gasteiger partial charge on any atom is -0.496 e. The molecule has 0 fully saturated rings. The number of aromatic nitrogens is 2. The number of benzene rings is 1. The number of hydrogen-bond acceptors (Lipinski definition) is 5. The van der Waals surface area contributed by atoms with Crippen LogP contribution in [0.4, 0.5) is 0 Å². The molecule has 2 aromatic rings. The number of ether oxygens (including phenoxy) is 1. The maximum Gasteiger partial charge on any atom is 0.243 e. The summed E-state index contributed by atoms with van der Waals surface area (Å²) in [5, 5.41) is 7.60. The largest absolute Gasteiger partial charge is 0.496 e. The summed E-state index contributed by atoms with van der Waals surface area (Å²) >= 11 is 0. The van der Waals surface area contributed by atoms with Gasteiger partial charge in [-0.2, -0.15) is 4.98 Å². The van der Waals surface area contributed by atoms with Crippen LogP contribution in [0.3, 0.4) is 0 Å². The monoisotopic (exact) mass is 299 g/mol. The van der Waals surface area contributed by atoms with Crippen molar-refractivity contribution >= 4 is 0 Å². The van der Waals surface area contributed by atoms with E-state index in [1.54, 1.807) is 7.11 Å². The molecule has 0 spiro atoms. The number of nitrogens with zero attached hydrogens (tertiary/aromatic N) is 2. The molecule has 1 aliphatic rings. The van der Waals surface area contributed by atoms with E-state index in [0.717, 1.165) is 17.7 Å². The normalized spacial score (nSPS) is 19.1. The Bertz CT molecular complexity index is 651. The maximum atomic E-state index is 5.42. The maximum absolute atomic E-state index is 5.42. The van der Waals surface area contributed by atoms with E-state index in [1.807, 2.05) is 31.2 Å². The highest BCUT2D eigenvalue weighted by Crippen LogP contribution is 2.28. The predicted molar refractivity (Wildman–Crippen MR) is 84.6 cm³/mol. The second-order valence-corrected chi connectivity index (χ2v) is 5.51. The molecule has 2 atom stereocenters. The van der Waals surface area contributed by atoms with Crippen molar-refractivity contribution in [1.29, 1.82) is 0 Å². The van der Waals surface area contributed by atoms with Gasteiger partial charge in [0.15, 0.2) is 0 Å². The van der Waals surface area contributed by atoms with Crippen molar-refractivity contribution < 1.29 is 9.26 Å². The Kier molecular flexibility index (Phi) is 4.53. The van der Waals surface area contributed by atoms with Gasteiger partial charge in [0.25, 0.3) is 0 Å². The van der Waals surface area contributed by atoms with Gasteiger partial charge in [0, 0.05) is 6.04 Å². The van der Waals surface area contributed by atoms with Crippen molar-refractivity contribution in [2.75, 3.05) is 7.11 Å². The molecule has 1 aromatic heterocycles. The summed E-state index contributed by atoms with van der Waals surface area (Å²) in [6.45, 7) is 2.04. The molecule has 0 unspecified atom stereocenters. The summed E-state index contributed by atoms with van der Waals surface area (Å²) in [6.07, 6.45) is 7.98. The van der Waals surface area contributed by atoms with Crippen molar-refractivity contribution in [3.05, 3.63) is 42.3 Å². The standard InChI is InChI=1S/C17H21N3O2/c1-12(18-13-8-4-3-5-9-13)17-19-16(20-22-17)14-10-6-7-11-15(14)21-2/h4,6-8,10-13,18H,3,5,9H2,1-2H3/t12-,13-/m0/s1. The fourth-order valence-corrected chi connectivity index (χ4v) is 2.69. The summed E-state index contributed by atoms with van der Waals surface area (Å²) in [5.41, 5.74) is 0.838. The molecule has 5 nitrogen and oxygen atoms in total. The van der Waals surface area contributed by atoms with E-state index in [1.165, 1.54) is 12.8 Å². The number of rotatable bonds is 5. The van der Waals surface area contributed by atoms with E-state index in [2.05, 4.69) is 27.6 Å². The Morgan fingerprint density at radius 1 is 1.36 bits per heavy atom. The van der Waals surface area contributed by atoms with Gasteiger partial charge in [0.1, 0.15) is 5.75 Å². The van der Waals surface area contributed by atoms with Gasteiger partial charge in [0.05, 0.1) is 18.7 Å². The van der Waals surface area contributed by atoms with Crippen LogP contribution in [0.25, 0.3) is 11.4 Å². The first-order valence-electron chi connectivity index (χ1n) is 7.67. The zero-order valence-corrected chi connectivity index (χ0v) is 13.0. The van der Waals surface area contributed by atoms with Crippen molar-refractivity contribution in [2.24, 2.45) is 0 Å². The molecular formula is C17H21N3O2. The van der Waals surface area contributed by atoms with Gasteiger partial charge >= 0.3 is 0 Å². The van der Waals surface area contributed by atoms with E-state index in [4.69, 9.17) is 9.26 Å². The first kappa shape index (κ1) is 14.8. The zero-order chi connectivity index (χ0) is 15.4. The lowest BCUT2D eigenvalue weighted by atomic mass is 10.0. The van der Waals surface area contributed by atoms with Gasteiger partial charge < -0.3 is 9.26 Å². The molecule has 1 aromatic carbocycles. The van der Waals surface area contributed by atoms with Crippen molar-refractivity contribution in [3.8, 4) is 17.1 Å². The van der Waals surface area contributed by atoms with E-state index in [9.17, 15) is 0 Å². The minimum atomic E-state index is 0.0173. The van der Waals surface area contributed by atoms with Crippen LogP contribution < -0.4 is 10.1 Å². The van der Waals surface area contributed by atoms with Crippen LogP contribution in [0.15, 0.2) is 40.9 Å². The lowest BCUT2D eigenvalue weighted by Gasteiger charge is -2.20. The van der Waals surface area contributed by atoms with Gasteiger partial charge in [-0.1, -0.05) is 29.4 Å². The first-order valence-corrected chi connectivity index (χ1v) is 7.67. The second-order valence-electron chi connectivity index (χ2n) is 5.51. The zero-order valence-electron chi connectivity index (χ0n) is 13.0. The molecule has 1 heterocycles. The quantitative estimate of drug-likeness (QED) is 0.856. The SMILES string of the molecule is COc1ccccc1-c1noc([C@H](C)N[C@H]2C=CCCC2)n1. The second kappa shape index (κ2) is 6.75. The summed E-state index contributed by atoms with van der Waals surface area (Å²) in [7, 11) is 1.64. The lowest BCUT2D eigenvalue weighted by Crippen LogP contribution is -2.31. The van der Waals surface area contributed by atoms with Gasteiger partial charge in [-0.05, 0) is 38.3 Å². The van der Waals surface area contributed by atoms with Crippen LogP contribution in [-0.2, 0) is 0 Å². The Balaban J connectivity index is 1.75. The molecule has 116 valence electrons. The van der Waals surface area contributed by atoms with E-state index in [-0.39, 0.29) is 6.04 Å². The Morgan fingerprint density at radius 3 is 3.00 bits per heavy atom. The van der Waals surface area contributed by atoms with Gasteiger partial charge in [-0.3, -0.25) is 5.32 Å². The molecule has 1 aliphatic carbocycles. The molecule has 0 saturated heterocycles. The van der Waals surface area contributed by atoms with Crippen molar-refractivity contribution in [1.82, 2.24) is 15.5 Å². The van der Waals surface area contributed by atoms with Crippen LogP contribution in [-0.4, -0.2) is 23.3 Å². The van der Waals surface area contributed by atoms with E-state index < -0.39 is 0 Å². The molecule has 0 bridgehead atoms. The molecular weight excluding hydrogens is 278 g/mol. The van der Waals surface area contributed by atoms with Gasteiger partial charge in [-0.15, -0.1) is 0 Å². The van der Waals surface area contributed by atoms with Crippen molar-refractivity contribution in [3.63, 3.8) is 0 Å². The molecule has 22 heavy (non-hydrogen) atoms. The average molecular weight is 299 g/mol. The summed E-state index contributed by atoms with van der Waals surface area (Å²) in [4.78, 5) is 4.51. The topological polar surface area (TPSA) is 60.2 Å². The number of hydrogen-bond donors (Lipinski definition) is 1. The molecule has 0 radical (unpaired) electrons. The van der Waals surface area contributed by atoms with Crippen LogP contribution in [0, 0.1) is 0 Å². The smallest absolute Gasteiger partial charge is 0.243 e. The molecule has 1 N–H and O–H groups in total. The molecule has 0 saturated carbocycles. The molecule has 0 amide bonds. The molecule has 3 rings (SSSR count). The van der Waals surface area contributed by atoms with Gasteiger partial charge in [0.2, 0.25) is 11.7 Å². The van der Waals surface area contributed by atoms with Crippen LogP contribution in [0.5, 0.6) is 5.75 Å². The lowest BCUT2D eigenvalue weighted by molar-refractivity contribution is 0.327. The Labute approximate surface area is 130 Å². The highest BCUT2D eigenvalue weighted by Gasteiger charge is 2.19. The van der Waals surface area contributed by atoms with Crippen LogP contribution in [0.2, 0.25) is 0 Å². The predicted octanol–water partition coefficient (Wildman–Crippen LogP) is 3.50. The highest BCUT2D eigenvalue weighted by atomic mass is 16.5. The number of para-hydroxylation sites is 1. The minimum absolute atomic E-state index is 0.0173. The summed E-state index contributed by atoms with van der Waals surface area (Å²) < 4.78 is 10.8. The third-order valence-electron chi connectivity index (χ3n) is 3.88. The van der Waals surface area contributed by atoms with Crippen molar-refractivity contribution in [2.45, 2.75) is 38.3 Å². The average Bonchev–Trinajstić information content (AvgIpc) is 3.05. The van der Waals surface area contributed by atoms with Crippen LogP contribution in [0.1, 0.15) is 38.1 Å². The third-order valence-corrected chi connectivity index (χ3v) is 3.88.